The molecule has 0 amide bonds. The number of piperazine rings is 1. The topological polar surface area (TPSA) is 24.5 Å². The number of ether oxygens (including phenoxy) is 1. The Morgan fingerprint density at radius 2 is 2.20 bits per heavy atom. The second-order valence-corrected chi connectivity index (χ2v) is 6.17. The first-order valence-corrected chi connectivity index (χ1v) is 7.27. The van der Waals surface area contributed by atoms with Crippen molar-refractivity contribution in [1.29, 1.82) is 0 Å². The molecular weight excluding hydrogens is 255 g/mol. The molecule has 0 saturated carbocycles. The molecule has 20 heavy (non-hydrogen) atoms. The van der Waals surface area contributed by atoms with E-state index in [0.717, 1.165) is 19.5 Å². The van der Waals surface area contributed by atoms with Crippen molar-refractivity contribution in [2.75, 3.05) is 20.2 Å². The Bertz CT molecular complexity index is 462. The second-order valence-electron chi connectivity index (χ2n) is 6.17. The second kappa shape index (κ2) is 6.10. The first kappa shape index (κ1) is 15.3. The molecule has 1 N–H and O–H groups in total. The van der Waals surface area contributed by atoms with Crippen LogP contribution in [0.25, 0.3) is 0 Å². The van der Waals surface area contributed by atoms with E-state index >= 15 is 0 Å². The van der Waals surface area contributed by atoms with Gasteiger partial charge in [-0.15, -0.1) is 0 Å². The van der Waals surface area contributed by atoms with Gasteiger partial charge in [-0.1, -0.05) is 19.1 Å². The number of rotatable bonds is 4. The summed E-state index contributed by atoms with van der Waals surface area (Å²) in [5, 5.41) is 3.55. The average molecular weight is 280 g/mol. The van der Waals surface area contributed by atoms with E-state index in [2.05, 4.69) is 31.0 Å². The van der Waals surface area contributed by atoms with Gasteiger partial charge in [-0.3, -0.25) is 4.90 Å². The van der Waals surface area contributed by atoms with Gasteiger partial charge in [-0.25, -0.2) is 4.39 Å². The van der Waals surface area contributed by atoms with Gasteiger partial charge in [0.05, 0.1) is 7.11 Å². The van der Waals surface area contributed by atoms with Gasteiger partial charge in [0, 0.05) is 36.8 Å². The summed E-state index contributed by atoms with van der Waals surface area (Å²) >= 11 is 0. The average Bonchev–Trinajstić information content (AvgIpc) is 2.40. The molecule has 1 heterocycles. The molecule has 0 bridgehead atoms. The summed E-state index contributed by atoms with van der Waals surface area (Å²) in [6, 6.07) is 5.82. The minimum Gasteiger partial charge on any atom is -0.494 e. The van der Waals surface area contributed by atoms with Gasteiger partial charge < -0.3 is 10.1 Å². The van der Waals surface area contributed by atoms with E-state index in [9.17, 15) is 4.39 Å². The van der Waals surface area contributed by atoms with E-state index in [1.807, 2.05) is 12.1 Å². The molecule has 1 aromatic rings. The highest BCUT2D eigenvalue weighted by Gasteiger charge is 2.31. The quantitative estimate of drug-likeness (QED) is 0.918. The molecule has 0 radical (unpaired) electrons. The summed E-state index contributed by atoms with van der Waals surface area (Å²) < 4.78 is 19.3. The van der Waals surface area contributed by atoms with E-state index in [-0.39, 0.29) is 11.4 Å². The number of nitrogens with one attached hydrogen (secondary N) is 1. The number of hydrogen-bond donors (Lipinski definition) is 1. The maximum Gasteiger partial charge on any atom is 0.169 e. The molecule has 1 aliphatic heterocycles. The van der Waals surface area contributed by atoms with Crippen molar-refractivity contribution in [3.8, 4) is 5.75 Å². The number of hydrogen-bond acceptors (Lipinski definition) is 3. The van der Waals surface area contributed by atoms with E-state index in [1.54, 1.807) is 6.07 Å². The van der Waals surface area contributed by atoms with Crippen LogP contribution in [-0.2, 0) is 6.54 Å². The Kier molecular flexibility index (Phi) is 4.66. The summed E-state index contributed by atoms with van der Waals surface area (Å²) in [6.07, 6.45) is 1.06. The van der Waals surface area contributed by atoms with Crippen molar-refractivity contribution >= 4 is 0 Å². The van der Waals surface area contributed by atoms with Gasteiger partial charge in [0.2, 0.25) is 0 Å². The number of methoxy groups -OCH3 is 1. The van der Waals surface area contributed by atoms with Crippen molar-refractivity contribution in [2.45, 2.75) is 45.3 Å². The molecule has 4 heteroatoms. The van der Waals surface area contributed by atoms with Crippen LogP contribution in [0.2, 0.25) is 0 Å². The number of nitrogens with zero attached hydrogens (tertiary/aromatic N) is 1. The van der Waals surface area contributed by atoms with Crippen LogP contribution < -0.4 is 10.1 Å². The Balaban J connectivity index is 2.18. The molecule has 1 aliphatic rings. The minimum atomic E-state index is -0.235. The number of halogens is 1. The van der Waals surface area contributed by atoms with Crippen LogP contribution >= 0.6 is 0 Å². The predicted octanol–water partition coefficient (Wildman–Crippen LogP) is 2.80. The highest BCUT2D eigenvalue weighted by molar-refractivity contribution is 5.31. The lowest BCUT2D eigenvalue weighted by Gasteiger charge is -2.44. The van der Waals surface area contributed by atoms with Crippen molar-refractivity contribution in [3.63, 3.8) is 0 Å². The molecule has 2 rings (SSSR count). The Hall–Kier alpha value is -1.13. The SMILES string of the molecule is CCC1CNC(C)(C)CN1Cc1cccc(OC)c1F. The molecule has 3 nitrogen and oxygen atoms in total. The zero-order chi connectivity index (χ0) is 14.8. The fourth-order valence-corrected chi connectivity index (χ4v) is 2.86. The lowest BCUT2D eigenvalue weighted by atomic mass is 9.97. The van der Waals surface area contributed by atoms with Gasteiger partial charge in [0.15, 0.2) is 11.6 Å². The van der Waals surface area contributed by atoms with Gasteiger partial charge in [0.1, 0.15) is 0 Å². The van der Waals surface area contributed by atoms with E-state index < -0.39 is 0 Å². The predicted molar refractivity (Wildman–Crippen MR) is 79.5 cm³/mol. The third-order valence-electron chi connectivity index (χ3n) is 4.04. The molecule has 0 aromatic heterocycles. The van der Waals surface area contributed by atoms with Gasteiger partial charge in [-0.2, -0.15) is 0 Å². The summed E-state index contributed by atoms with van der Waals surface area (Å²) in [4.78, 5) is 2.37. The van der Waals surface area contributed by atoms with E-state index in [4.69, 9.17) is 4.74 Å². The van der Waals surface area contributed by atoms with Crippen LogP contribution in [0, 0.1) is 5.82 Å². The van der Waals surface area contributed by atoms with Gasteiger partial charge in [-0.05, 0) is 26.3 Å². The monoisotopic (exact) mass is 280 g/mol. The fraction of sp³-hybridized carbons (Fsp3) is 0.625. The first-order chi connectivity index (χ1) is 9.46. The Morgan fingerprint density at radius 3 is 2.85 bits per heavy atom. The largest absolute Gasteiger partial charge is 0.494 e. The Morgan fingerprint density at radius 1 is 1.45 bits per heavy atom. The number of benzene rings is 1. The standard InChI is InChI=1S/C16H25FN2O/c1-5-13-9-18-16(2,3)11-19(13)10-12-7-6-8-14(20-4)15(12)17/h6-8,13,18H,5,9-11H2,1-4H3. The highest BCUT2D eigenvalue weighted by atomic mass is 19.1. The maximum atomic E-state index is 14.3. The van der Waals surface area contributed by atoms with Crippen LogP contribution in [0.4, 0.5) is 4.39 Å². The van der Waals surface area contributed by atoms with Gasteiger partial charge >= 0.3 is 0 Å². The summed E-state index contributed by atoms with van der Waals surface area (Å²) in [7, 11) is 1.50. The molecule has 0 aliphatic carbocycles. The van der Waals surface area contributed by atoms with Crippen molar-refractivity contribution < 1.29 is 9.13 Å². The molecule has 0 spiro atoms. The Labute approximate surface area is 121 Å². The van der Waals surface area contributed by atoms with E-state index in [1.165, 1.54) is 7.11 Å². The third-order valence-corrected chi connectivity index (χ3v) is 4.04. The normalized spacial score (nSPS) is 22.8. The maximum absolute atomic E-state index is 14.3. The zero-order valence-electron chi connectivity index (χ0n) is 12.9. The van der Waals surface area contributed by atoms with Crippen molar-refractivity contribution in [1.82, 2.24) is 10.2 Å². The molecule has 112 valence electrons. The van der Waals surface area contributed by atoms with Gasteiger partial charge in [0.25, 0.3) is 0 Å². The van der Waals surface area contributed by atoms with Crippen LogP contribution in [0.3, 0.4) is 0 Å². The molecular formula is C16H25FN2O. The first-order valence-electron chi connectivity index (χ1n) is 7.27. The summed E-state index contributed by atoms with van der Waals surface area (Å²) in [5.74, 6) is 0.0890. The van der Waals surface area contributed by atoms with Crippen LogP contribution in [-0.4, -0.2) is 36.7 Å². The van der Waals surface area contributed by atoms with Crippen LogP contribution in [0.5, 0.6) is 5.75 Å². The fourth-order valence-electron chi connectivity index (χ4n) is 2.86. The lowest BCUT2D eigenvalue weighted by Crippen LogP contribution is -2.61. The molecule has 1 atom stereocenters. The van der Waals surface area contributed by atoms with E-state index in [0.29, 0.717) is 23.9 Å². The molecule has 1 saturated heterocycles. The molecule has 1 aromatic carbocycles. The molecule has 1 unspecified atom stereocenters. The summed E-state index contributed by atoms with van der Waals surface area (Å²) in [6.45, 7) is 9.06. The zero-order valence-corrected chi connectivity index (χ0v) is 12.9. The third kappa shape index (κ3) is 3.30. The molecule has 1 fully saturated rings. The van der Waals surface area contributed by atoms with Crippen molar-refractivity contribution in [2.24, 2.45) is 0 Å². The van der Waals surface area contributed by atoms with Crippen LogP contribution in [0.15, 0.2) is 18.2 Å². The lowest BCUT2D eigenvalue weighted by molar-refractivity contribution is 0.0846. The van der Waals surface area contributed by atoms with Crippen LogP contribution in [0.1, 0.15) is 32.8 Å². The van der Waals surface area contributed by atoms with Crippen molar-refractivity contribution in [3.05, 3.63) is 29.6 Å². The summed E-state index contributed by atoms with van der Waals surface area (Å²) in [5.41, 5.74) is 0.779. The smallest absolute Gasteiger partial charge is 0.169 e. The minimum absolute atomic E-state index is 0.0704. The highest BCUT2D eigenvalue weighted by Crippen LogP contribution is 2.24.